The van der Waals surface area contributed by atoms with Crippen LogP contribution in [-0.4, -0.2) is 41.2 Å². The van der Waals surface area contributed by atoms with Gasteiger partial charge in [-0.15, -0.1) is 11.3 Å². The second-order valence-corrected chi connectivity index (χ2v) is 11.9. The third-order valence-electron chi connectivity index (χ3n) is 7.66. The first-order valence-electron chi connectivity index (χ1n) is 12.2. The van der Waals surface area contributed by atoms with Gasteiger partial charge in [-0.25, -0.2) is 4.98 Å². The number of thiazole rings is 1. The van der Waals surface area contributed by atoms with Crippen LogP contribution in [0.15, 0.2) is 23.6 Å². The molecule has 170 valence electrons. The van der Waals surface area contributed by atoms with E-state index in [1.165, 1.54) is 60.3 Å². The third kappa shape index (κ3) is 5.07. The smallest absolute Gasteiger partial charge is 0.0976 e. The van der Waals surface area contributed by atoms with Crippen molar-refractivity contribution in [3.63, 3.8) is 0 Å². The molecule has 2 heterocycles. The Morgan fingerprint density at radius 3 is 2.61 bits per heavy atom. The number of fused-ring (bicyclic) bond motifs is 1. The number of aromatic nitrogens is 1. The molecule has 1 aliphatic heterocycles. The van der Waals surface area contributed by atoms with E-state index in [-0.39, 0.29) is 10.8 Å². The van der Waals surface area contributed by atoms with Crippen molar-refractivity contribution >= 4 is 11.3 Å². The minimum absolute atomic E-state index is 0.236. The molecule has 1 saturated heterocycles. The summed E-state index contributed by atoms with van der Waals surface area (Å²) >= 11 is 1.85. The summed E-state index contributed by atoms with van der Waals surface area (Å²) in [6, 6.07) is 7.11. The van der Waals surface area contributed by atoms with E-state index in [4.69, 9.17) is 10.1 Å². The quantitative estimate of drug-likeness (QED) is 0.499. The van der Waals surface area contributed by atoms with Gasteiger partial charge in [0.1, 0.15) is 0 Å². The zero-order chi connectivity index (χ0) is 22.1. The zero-order valence-corrected chi connectivity index (χ0v) is 20.7. The zero-order valence-electron chi connectivity index (χ0n) is 19.9. The average molecular weight is 441 g/mol. The fraction of sp³-hybridized carbons (Fsp3) is 0.667. The number of aliphatic hydroxyl groups excluding tert-OH is 1. The molecule has 2 aliphatic rings. The van der Waals surface area contributed by atoms with E-state index in [0.717, 1.165) is 31.6 Å². The number of unbranched alkanes of at least 4 members (excludes halogenated alkanes) is 2. The van der Waals surface area contributed by atoms with Crippen LogP contribution in [0, 0.1) is 0 Å². The number of benzene rings is 1. The molecule has 1 unspecified atom stereocenters. The first kappa shape index (κ1) is 22.9. The van der Waals surface area contributed by atoms with Gasteiger partial charge in [-0.2, -0.15) is 0 Å². The number of rotatable bonds is 7. The molecule has 0 radical (unpaired) electrons. The molecule has 1 aromatic carbocycles. The molecule has 0 amide bonds. The van der Waals surface area contributed by atoms with Gasteiger partial charge in [-0.05, 0) is 86.1 Å². The van der Waals surface area contributed by atoms with Crippen molar-refractivity contribution in [2.45, 2.75) is 89.4 Å². The van der Waals surface area contributed by atoms with Crippen molar-refractivity contribution in [3.8, 4) is 11.3 Å². The second kappa shape index (κ2) is 9.33. The van der Waals surface area contributed by atoms with Gasteiger partial charge in [0, 0.05) is 30.0 Å². The summed E-state index contributed by atoms with van der Waals surface area (Å²) in [5, 5.41) is 12.6. The molecule has 1 fully saturated rings. The van der Waals surface area contributed by atoms with Gasteiger partial charge in [0.15, 0.2) is 0 Å². The van der Waals surface area contributed by atoms with E-state index in [0.29, 0.717) is 12.5 Å². The van der Waals surface area contributed by atoms with E-state index >= 15 is 0 Å². The lowest BCUT2D eigenvalue weighted by atomic mass is 9.63. The molecule has 1 N–H and O–H groups in total. The number of aliphatic hydroxyl groups is 1. The number of nitrogens with zero attached hydrogens (tertiary/aromatic N) is 2. The third-order valence-corrected chi connectivity index (χ3v) is 8.66. The highest BCUT2D eigenvalue weighted by Gasteiger charge is 2.37. The van der Waals surface area contributed by atoms with E-state index in [2.05, 4.69) is 56.2 Å². The van der Waals surface area contributed by atoms with Gasteiger partial charge in [0.05, 0.1) is 10.7 Å². The molecular weight excluding hydrogens is 400 g/mol. The van der Waals surface area contributed by atoms with Crippen LogP contribution in [0.5, 0.6) is 0 Å². The van der Waals surface area contributed by atoms with E-state index in [1.807, 2.05) is 11.3 Å². The molecule has 2 aromatic rings. The maximum absolute atomic E-state index is 8.99. The van der Waals surface area contributed by atoms with Crippen molar-refractivity contribution < 1.29 is 5.11 Å². The Morgan fingerprint density at radius 2 is 1.84 bits per heavy atom. The molecular formula is C27H40N2OS. The van der Waals surface area contributed by atoms with E-state index < -0.39 is 0 Å². The first-order chi connectivity index (χ1) is 14.8. The maximum Gasteiger partial charge on any atom is 0.0976 e. The monoisotopic (exact) mass is 440 g/mol. The first-order valence-corrected chi connectivity index (χ1v) is 13.1. The molecule has 3 nitrogen and oxygen atoms in total. The van der Waals surface area contributed by atoms with Gasteiger partial charge < -0.3 is 10.0 Å². The molecule has 0 bridgehead atoms. The Balaban J connectivity index is 1.49. The van der Waals surface area contributed by atoms with Crippen LogP contribution in [0.1, 0.15) is 94.7 Å². The highest BCUT2D eigenvalue weighted by molar-refractivity contribution is 7.10. The SMILES string of the molecule is CC1(C)CCC(C)(C)c2cc(-c3csc(C4CCCN(CCCCCO)C4)n3)ccc21. The number of hydrogen-bond acceptors (Lipinski definition) is 4. The lowest BCUT2D eigenvalue weighted by Gasteiger charge is -2.42. The highest BCUT2D eigenvalue weighted by atomic mass is 32.1. The van der Waals surface area contributed by atoms with Crippen LogP contribution in [0.3, 0.4) is 0 Å². The molecule has 31 heavy (non-hydrogen) atoms. The van der Waals surface area contributed by atoms with Gasteiger partial charge in [-0.3, -0.25) is 0 Å². The van der Waals surface area contributed by atoms with E-state index in [1.54, 1.807) is 0 Å². The Hall–Kier alpha value is -1.23. The van der Waals surface area contributed by atoms with Crippen molar-refractivity contribution in [1.82, 2.24) is 9.88 Å². The predicted octanol–water partition coefficient (Wildman–Crippen LogP) is 6.50. The summed E-state index contributed by atoms with van der Waals surface area (Å²) < 4.78 is 0. The number of hydrogen-bond donors (Lipinski definition) is 1. The van der Waals surface area contributed by atoms with Crippen molar-refractivity contribution in [2.75, 3.05) is 26.2 Å². The van der Waals surface area contributed by atoms with Crippen molar-refractivity contribution in [2.24, 2.45) is 0 Å². The normalized spacial score (nSPS) is 22.9. The summed E-state index contributed by atoms with van der Waals surface area (Å²) in [5.41, 5.74) is 5.97. The lowest BCUT2D eigenvalue weighted by molar-refractivity contribution is 0.200. The Kier molecular flexibility index (Phi) is 6.90. The number of piperidine rings is 1. The molecule has 1 aliphatic carbocycles. The molecule has 1 aromatic heterocycles. The van der Waals surface area contributed by atoms with Crippen LogP contribution in [0.4, 0.5) is 0 Å². The van der Waals surface area contributed by atoms with Gasteiger partial charge in [-0.1, -0.05) is 39.8 Å². The molecule has 1 atom stereocenters. The average Bonchev–Trinajstić information content (AvgIpc) is 3.25. The standard InChI is InChI=1S/C27H40N2OS/c1-26(2)12-13-27(3,4)23-17-20(10-11-22(23)26)24-19-31-25(28-24)21-9-8-15-29(18-21)14-6-5-7-16-30/h10-11,17,19,21,30H,5-9,12-16,18H2,1-4H3. The molecule has 4 rings (SSSR count). The maximum atomic E-state index is 8.99. The van der Waals surface area contributed by atoms with Crippen LogP contribution in [0.2, 0.25) is 0 Å². The summed E-state index contributed by atoms with van der Waals surface area (Å²) in [6.07, 6.45) is 8.28. The van der Waals surface area contributed by atoms with Crippen LogP contribution in [0.25, 0.3) is 11.3 Å². The Bertz CT molecular complexity index is 885. The topological polar surface area (TPSA) is 36.4 Å². The van der Waals surface area contributed by atoms with Crippen LogP contribution < -0.4 is 0 Å². The molecule has 0 spiro atoms. The Labute approximate surface area is 192 Å². The molecule has 4 heteroatoms. The molecule has 0 saturated carbocycles. The van der Waals surface area contributed by atoms with Gasteiger partial charge in [0.25, 0.3) is 0 Å². The highest BCUT2D eigenvalue weighted by Crippen LogP contribution is 2.47. The summed E-state index contributed by atoms with van der Waals surface area (Å²) in [5.74, 6) is 0.568. The predicted molar refractivity (Wildman–Crippen MR) is 132 cm³/mol. The minimum Gasteiger partial charge on any atom is -0.396 e. The fourth-order valence-electron chi connectivity index (χ4n) is 5.44. The van der Waals surface area contributed by atoms with Crippen molar-refractivity contribution in [3.05, 3.63) is 39.7 Å². The Morgan fingerprint density at radius 1 is 1.06 bits per heavy atom. The van der Waals surface area contributed by atoms with Crippen molar-refractivity contribution in [1.29, 1.82) is 0 Å². The van der Waals surface area contributed by atoms with E-state index in [9.17, 15) is 0 Å². The van der Waals surface area contributed by atoms with Crippen LogP contribution >= 0.6 is 11.3 Å². The second-order valence-electron chi connectivity index (χ2n) is 11.0. The van der Waals surface area contributed by atoms with Gasteiger partial charge >= 0.3 is 0 Å². The minimum atomic E-state index is 0.236. The number of likely N-dealkylation sites (tertiary alicyclic amines) is 1. The lowest BCUT2D eigenvalue weighted by Crippen LogP contribution is -2.35. The van der Waals surface area contributed by atoms with Gasteiger partial charge in [0.2, 0.25) is 0 Å². The summed E-state index contributed by atoms with van der Waals surface area (Å²) in [6.45, 7) is 13.4. The van der Waals surface area contributed by atoms with Crippen LogP contribution in [-0.2, 0) is 10.8 Å². The summed E-state index contributed by atoms with van der Waals surface area (Å²) in [7, 11) is 0. The fourth-order valence-corrected chi connectivity index (χ4v) is 6.40. The summed E-state index contributed by atoms with van der Waals surface area (Å²) in [4.78, 5) is 7.75. The largest absolute Gasteiger partial charge is 0.396 e.